The summed E-state index contributed by atoms with van der Waals surface area (Å²) in [6, 6.07) is 5.77. The molecule has 1 atom stereocenters. The van der Waals surface area contributed by atoms with Gasteiger partial charge in [0.1, 0.15) is 11.9 Å². The van der Waals surface area contributed by atoms with Gasteiger partial charge in [-0.3, -0.25) is 0 Å². The van der Waals surface area contributed by atoms with E-state index in [9.17, 15) is 0 Å². The zero-order chi connectivity index (χ0) is 12.1. The largest absolute Gasteiger partial charge is 0.381 e. The fourth-order valence-corrected chi connectivity index (χ4v) is 2.04. The molecule has 2 rings (SSSR count). The summed E-state index contributed by atoms with van der Waals surface area (Å²) in [4.78, 5) is 0. The number of aromatic nitrogens is 2. The third-order valence-electron chi connectivity index (χ3n) is 3.13. The summed E-state index contributed by atoms with van der Waals surface area (Å²) >= 11 is 0. The van der Waals surface area contributed by atoms with Gasteiger partial charge >= 0.3 is 0 Å². The quantitative estimate of drug-likeness (QED) is 0.856. The molecular weight excluding hydrogens is 216 g/mol. The molecule has 2 heterocycles. The van der Waals surface area contributed by atoms with Gasteiger partial charge in [-0.25, -0.2) is 0 Å². The van der Waals surface area contributed by atoms with Crippen molar-refractivity contribution in [3.05, 3.63) is 17.8 Å². The van der Waals surface area contributed by atoms with Crippen molar-refractivity contribution in [3.63, 3.8) is 0 Å². The zero-order valence-corrected chi connectivity index (χ0v) is 9.89. The van der Waals surface area contributed by atoms with Gasteiger partial charge in [0, 0.05) is 19.3 Å². The van der Waals surface area contributed by atoms with Crippen LogP contribution < -0.4 is 5.32 Å². The molecule has 17 heavy (non-hydrogen) atoms. The van der Waals surface area contributed by atoms with Crippen LogP contribution in [0.2, 0.25) is 0 Å². The maximum atomic E-state index is 8.63. The van der Waals surface area contributed by atoms with Gasteiger partial charge < -0.3 is 10.1 Å². The van der Waals surface area contributed by atoms with Crippen molar-refractivity contribution < 1.29 is 4.74 Å². The average Bonchev–Trinajstić information content (AvgIpc) is 2.40. The molecule has 1 unspecified atom stereocenters. The molecule has 5 nitrogen and oxygen atoms in total. The van der Waals surface area contributed by atoms with Crippen molar-refractivity contribution in [2.24, 2.45) is 5.92 Å². The number of nitrogens with one attached hydrogen (secondary N) is 1. The lowest BCUT2D eigenvalue weighted by Crippen LogP contribution is -2.31. The Bertz CT molecular complexity index is 392. The third kappa shape index (κ3) is 3.14. The Labute approximate surface area is 101 Å². The summed E-state index contributed by atoms with van der Waals surface area (Å²) in [5.41, 5.74) is 0.342. The highest BCUT2D eigenvalue weighted by Gasteiger charge is 2.20. The van der Waals surface area contributed by atoms with Gasteiger partial charge in [0.2, 0.25) is 0 Å². The van der Waals surface area contributed by atoms with E-state index >= 15 is 0 Å². The first-order valence-electron chi connectivity index (χ1n) is 5.87. The van der Waals surface area contributed by atoms with E-state index in [0.717, 1.165) is 31.9 Å². The van der Waals surface area contributed by atoms with E-state index in [1.165, 1.54) is 0 Å². The van der Waals surface area contributed by atoms with Crippen LogP contribution in [0.4, 0.5) is 5.82 Å². The summed E-state index contributed by atoms with van der Waals surface area (Å²) in [7, 11) is 0. The fraction of sp³-hybridized carbons (Fsp3) is 0.583. The van der Waals surface area contributed by atoms with Gasteiger partial charge in [0.25, 0.3) is 0 Å². The highest BCUT2D eigenvalue weighted by atomic mass is 16.5. The first-order chi connectivity index (χ1) is 8.29. The van der Waals surface area contributed by atoms with Crippen LogP contribution in [0.25, 0.3) is 0 Å². The van der Waals surface area contributed by atoms with Gasteiger partial charge in [-0.2, -0.15) is 5.26 Å². The van der Waals surface area contributed by atoms with Crippen molar-refractivity contribution in [3.8, 4) is 6.07 Å². The fourth-order valence-electron chi connectivity index (χ4n) is 2.04. The molecule has 1 aromatic rings. The average molecular weight is 232 g/mol. The molecule has 1 N–H and O–H groups in total. The van der Waals surface area contributed by atoms with E-state index < -0.39 is 0 Å². The molecule has 0 bridgehead atoms. The molecule has 0 amide bonds. The van der Waals surface area contributed by atoms with Gasteiger partial charge in [-0.15, -0.1) is 10.2 Å². The first-order valence-corrected chi connectivity index (χ1v) is 5.87. The lowest BCUT2D eigenvalue weighted by molar-refractivity contribution is 0.0622. The minimum absolute atomic E-state index is 0.342. The van der Waals surface area contributed by atoms with E-state index in [2.05, 4.69) is 22.4 Å². The summed E-state index contributed by atoms with van der Waals surface area (Å²) in [5, 5.41) is 19.7. The predicted molar refractivity (Wildman–Crippen MR) is 63.4 cm³/mol. The molecule has 0 aliphatic carbocycles. The monoisotopic (exact) mass is 232 g/mol. The summed E-state index contributed by atoms with van der Waals surface area (Å²) in [6.07, 6.45) is 2.16. The third-order valence-corrected chi connectivity index (χ3v) is 3.13. The van der Waals surface area contributed by atoms with Gasteiger partial charge in [0.15, 0.2) is 5.69 Å². The van der Waals surface area contributed by atoms with Crippen LogP contribution in [0.1, 0.15) is 25.5 Å². The number of nitriles is 1. The smallest absolute Gasteiger partial charge is 0.163 e. The highest BCUT2D eigenvalue weighted by molar-refractivity contribution is 5.36. The Morgan fingerprint density at radius 2 is 2.18 bits per heavy atom. The topological polar surface area (TPSA) is 70.8 Å². The normalized spacial score (nSPS) is 18.4. The Balaban J connectivity index is 1.92. The second kappa shape index (κ2) is 5.60. The SMILES string of the molecule is CC(Nc1ccc(C#N)nn1)C1CCOCC1. The Hall–Kier alpha value is -1.67. The standard InChI is InChI=1S/C12H16N4O/c1-9(10-4-6-17-7-5-10)14-12-3-2-11(8-13)15-16-12/h2-3,9-10H,4-7H2,1H3,(H,14,16). The molecule has 0 saturated carbocycles. The summed E-state index contributed by atoms with van der Waals surface area (Å²) < 4.78 is 5.34. The molecule has 1 aromatic heterocycles. The maximum absolute atomic E-state index is 8.63. The number of ether oxygens (including phenoxy) is 1. The van der Waals surface area contributed by atoms with E-state index in [4.69, 9.17) is 10.00 Å². The van der Waals surface area contributed by atoms with Gasteiger partial charge in [0.05, 0.1) is 0 Å². The van der Waals surface area contributed by atoms with Crippen molar-refractivity contribution in [2.45, 2.75) is 25.8 Å². The molecule has 1 aliphatic heterocycles. The molecule has 90 valence electrons. The first kappa shape index (κ1) is 11.8. The van der Waals surface area contributed by atoms with Crippen LogP contribution in [0.5, 0.6) is 0 Å². The molecule has 0 aromatic carbocycles. The van der Waals surface area contributed by atoms with Crippen LogP contribution in [0.3, 0.4) is 0 Å². The Morgan fingerprint density at radius 1 is 1.41 bits per heavy atom. The van der Waals surface area contributed by atoms with Crippen molar-refractivity contribution in [1.82, 2.24) is 10.2 Å². The molecule has 0 radical (unpaired) electrons. The Kier molecular flexibility index (Phi) is 3.89. The molecular formula is C12H16N4O. The second-order valence-electron chi connectivity index (χ2n) is 4.30. The van der Waals surface area contributed by atoms with Crippen LogP contribution in [0, 0.1) is 17.2 Å². The lowest BCUT2D eigenvalue weighted by atomic mass is 9.93. The van der Waals surface area contributed by atoms with Crippen LogP contribution in [-0.2, 0) is 4.74 Å². The van der Waals surface area contributed by atoms with Crippen molar-refractivity contribution in [2.75, 3.05) is 18.5 Å². The van der Waals surface area contributed by atoms with Crippen molar-refractivity contribution in [1.29, 1.82) is 5.26 Å². The molecule has 0 spiro atoms. The van der Waals surface area contributed by atoms with E-state index in [0.29, 0.717) is 17.7 Å². The van der Waals surface area contributed by atoms with Gasteiger partial charge in [-0.05, 0) is 37.8 Å². The van der Waals surface area contributed by atoms with E-state index in [1.807, 2.05) is 6.07 Å². The van der Waals surface area contributed by atoms with Crippen LogP contribution in [0.15, 0.2) is 12.1 Å². The summed E-state index contributed by atoms with van der Waals surface area (Å²) in [6.45, 7) is 3.83. The number of anilines is 1. The number of rotatable bonds is 3. The lowest BCUT2D eigenvalue weighted by Gasteiger charge is -2.28. The predicted octanol–water partition coefficient (Wildman–Crippen LogP) is 1.58. The van der Waals surface area contributed by atoms with Gasteiger partial charge in [-0.1, -0.05) is 0 Å². The Morgan fingerprint density at radius 3 is 2.76 bits per heavy atom. The summed E-state index contributed by atoms with van der Waals surface area (Å²) in [5.74, 6) is 1.34. The number of nitrogens with zero attached hydrogens (tertiary/aromatic N) is 3. The molecule has 1 fully saturated rings. The second-order valence-corrected chi connectivity index (χ2v) is 4.30. The van der Waals surface area contributed by atoms with E-state index in [-0.39, 0.29) is 0 Å². The van der Waals surface area contributed by atoms with E-state index in [1.54, 1.807) is 12.1 Å². The molecule has 1 aliphatic rings. The van der Waals surface area contributed by atoms with Crippen molar-refractivity contribution >= 4 is 5.82 Å². The highest BCUT2D eigenvalue weighted by Crippen LogP contribution is 2.20. The molecule has 1 saturated heterocycles. The maximum Gasteiger partial charge on any atom is 0.163 e. The minimum atomic E-state index is 0.342. The number of hydrogen-bond acceptors (Lipinski definition) is 5. The van der Waals surface area contributed by atoms with Crippen LogP contribution in [-0.4, -0.2) is 29.5 Å². The minimum Gasteiger partial charge on any atom is -0.381 e. The number of hydrogen-bond donors (Lipinski definition) is 1. The molecule has 5 heteroatoms. The van der Waals surface area contributed by atoms with Crippen LogP contribution >= 0.6 is 0 Å². The zero-order valence-electron chi connectivity index (χ0n) is 9.89.